The zero-order chi connectivity index (χ0) is 11.4. The molecule has 84 valence electrons. The van der Waals surface area contributed by atoms with Crippen molar-refractivity contribution in [2.75, 3.05) is 14.2 Å². The minimum atomic E-state index is -0.551. The van der Waals surface area contributed by atoms with Gasteiger partial charge < -0.3 is 14.7 Å². The van der Waals surface area contributed by atoms with E-state index in [9.17, 15) is 4.39 Å². The summed E-state index contributed by atoms with van der Waals surface area (Å²) in [5, 5.41) is 8.59. The van der Waals surface area contributed by atoms with Gasteiger partial charge in [0.15, 0.2) is 11.5 Å². The maximum absolute atomic E-state index is 13.8. The summed E-state index contributed by atoms with van der Waals surface area (Å²) in [6.07, 6.45) is 0. The molecule has 0 unspecified atom stereocenters. The van der Waals surface area contributed by atoms with E-state index in [0.29, 0.717) is 11.1 Å². The van der Waals surface area contributed by atoms with E-state index in [0.717, 1.165) is 0 Å². The van der Waals surface area contributed by atoms with E-state index >= 15 is 0 Å². The average molecular weight is 215 g/mol. The molecule has 1 aromatic rings. The van der Waals surface area contributed by atoms with Crippen molar-refractivity contribution >= 4 is 0 Å². The zero-order valence-electron chi connectivity index (χ0n) is 8.93. The van der Waals surface area contributed by atoms with Gasteiger partial charge in [0.2, 0.25) is 5.82 Å². The first-order chi connectivity index (χ1) is 7.15. The summed E-state index contributed by atoms with van der Waals surface area (Å²) in [5.74, 6) is -0.308. The van der Waals surface area contributed by atoms with Crippen molar-refractivity contribution in [2.45, 2.75) is 13.5 Å². The number of hydrogen-bond donors (Lipinski definition) is 2. The summed E-state index contributed by atoms with van der Waals surface area (Å²) >= 11 is 0. The van der Waals surface area contributed by atoms with Gasteiger partial charge in [-0.1, -0.05) is 0 Å². The molecule has 0 fully saturated rings. The molecule has 0 saturated carbocycles. The molecule has 0 bridgehead atoms. The maximum Gasteiger partial charge on any atom is 0.207 e. The number of methoxy groups -OCH3 is 2. The molecule has 2 N–H and O–H groups in total. The normalized spacial score (nSPS) is 10.2. The van der Waals surface area contributed by atoms with E-state index in [1.165, 1.54) is 14.2 Å². The van der Waals surface area contributed by atoms with E-state index in [1.54, 1.807) is 13.0 Å². The van der Waals surface area contributed by atoms with Crippen molar-refractivity contribution in [1.29, 1.82) is 0 Å². The Morgan fingerprint density at radius 1 is 1.33 bits per heavy atom. The first-order valence-electron chi connectivity index (χ1n) is 4.42. The van der Waals surface area contributed by atoms with Crippen LogP contribution in [-0.2, 0) is 6.54 Å². The maximum atomic E-state index is 13.8. The van der Waals surface area contributed by atoms with Crippen LogP contribution in [-0.4, -0.2) is 19.4 Å². The molecule has 0 spiro atoms. The second kappa shape index (κ2) is 4.95. The van der Waals surface area contributed by atoms with Crippen LogP contribution in [0.2, 0.25) is 0 Å². The third-order valence-corrected chi connectivity index (χ3v) is 2.12. The molecule has 0 aliphatic rings. The fraction of sp³-hybridized carbons (Fsp3) is 0.400. The van der Waals surface area contributed by atoms with Gasteiger partial charge in [-0.25, -0.2) is 5.48 Å². The van der Waals surface area contributed by atoms with Gasteiger partial charge in [0.05, 0.1) is 14.2 Å². The number of hydroxylamine groups is 1. The van der Waals surface area contributed by atoms with Crippen LogP contribution in [0.15, 0.2) is 6.07 Å². The molecular formula is C10H14FNO3. The van der Waals surface area contributed by atoms with Crippen LogP contribution < -0.4 is 15.0 Å². The quantitative estimate of drug-likeness (QED) is 0.749. The van der Waals surface area contributed by atoms with Crippen molar-refractivity contribution in [3.63, 3.8) is 0 Å². The molecule has 4 nitrogen and oxygen atoms in total. The SMILES string of the molecule is COc1c(C)cc(CNO)c(OC)c1F. The minimum absolute atomic E-state index is 0.0824. The Balaban J connectivity index is 3.30. The van der Waals surface area contributed by atoms with E-state index < -0.39 is 5.82 Å². The Morgan fingerprint density at radius 2 is 1.93 bits per heavy atom. The number of ether oxygens (including phenoxy) is 2. The average Bonchev–Trinajstić information content (AvgIpc) is 2.19. The summed E-state index contributed by atoms with van der Waals surface area (Å²) in [4.78, 5) is 0. The van der Waals surface area contributed by atoms with Crippen LogP contribution in [0, 0.1) is 12.7 Å². The Morgan fingerprint density at radius 3 is 2.40 bits per heavy atom. The van der Waals surface area contributed by atoms with Gasteiger partial charge in [-0.05, 0) is 18.6 Å². The standard InChI is InChI=1S/C10H14FNO3/c1-6-4-7(5-12-13)10(15-3)8(11)9(6)14-2/h4,12-13H,5H2,1-3H3. The molecule has 0 amide bonds. The molecule has 0 aromatic heterocycles. The molecule has 0 saturated heterocycles. The van der Waals surface area contributed by atoms with Crippen molar-refractivity contribution in [3.05, 3.63) is 23.0 Å². The van der Waals surface area contributed by atoms with E-state index in [-0.39, 0.29) is 18.0 Å². The first kappa shape index (κ1) is 11.7. The predicted molar refractivity (Wildman–Crippen MR) is 52.9 cm³/mol. The van der Waals surface area contributed by atoms with Crippen molar-refractivity contribution in [3.8, 4) is 11.5 Å². The molecular weight excluding hydrogens is 201 g/mol. The Hall–Kier alpha value is -1.33. The van der Waals surface area contributed by atoms with Crippen molar-refractivity contribution < 1.29 is 19.1 Å². The predicted octanol–water partition coefficient (Wildman–Crippen LogP) is 1.63. The minimum Gasteiger partial charge on any atom is -0.493 e. The molecule has 1 rings (SSSR count). The Labute approximate surface area is 87.6 Å². The summed E-state index contributed by atoms with van der Waals surface area (Å²) in [7, 11) is 2.77. The van der Waals surface area contributed by atoms with Gasteiger partial charge in [0, 0.05) is 12.1 Å². The largest absolute Gasteiger partial charge is 0.493 e. The Kier molecular flexibility index (Phi) is 3.88. The third kappa shape index (κ3) is 2.19. The second-order valence-corrected chi connectivity index (χ2v) is 3.07. The monoisotopic (exact) mass is 215 g/mol. The number of hydrogen-bond acceptors (Lipinski definition) is 4. The fourth-order valence-electron chi connectivity index (χ4n) is 1.50. The molecule has 1 aromatic carbocycles. The lowest BCUT2D eigenvalue weighted by Gasteiger charge is -2.13. The van der Waals surface area contributed by atoms with Crippen molar-refractivity contribution in [1.82, 2.24) is 5.48 Å². The number of halogens is 1. The highest BCUT2D eigenvalue weighted by atomic mass is 19.1. The molecule has 0 radical (unpaired) electrons. The van der Waals surface area contributed by atoms with Crippen LogP contribution in [0.4, 0.5) is 4.39 Å². The third-order valence-electron chi connectivity index (χ3n) is 2.12. The Bertz CT molecular complexity index is 355. The first-order valence-corrected chi connectivity index (χ1v) is 4.42. The number of benzene rings is 1. The highest BCUT2D eigenvalue weighted by Crippen LogP contribution is 2.33. The lowest BCUT2D eigenvalue weighted by Crippen LogP contribution is -2.09. The molecule has 0 aliphatic heterocycles. The molecule has 15 heavy (non-hydrogen) atoms. The highest BCUT2D eigenvalue weighted by molar-refractivity contribution is 5.47. The number of nitrogens with one attached hydrogen (secondary N) is 1. The van der Waals surface area contributed by atoms with Crippen LogP contribution in [0.3, 0.4) is 0 Å². The molecule has 0 heterocycles. The lowest BCUT2D eigenvalue weighted by atomic mass is 10.1. The lowest BCUT2D eigenvalue weighted by molar-refractivity contribution is 0.159. The smallest absolute Gasteiger partial charge is 0.207 e. The van der Waals surface area contributed by atoms with E-state index in [1.807, 2.05) is 5.48 Å². The van der Waals surface area contributed by atoms with Crippen LogP contribution in [0.5, 0.6) is 11.5 Å². The fourth-order valence-corrected chi connectivity index (χ4v) is 1.50. The van der Waals surface area contributed by atoms with Gasteiger partial charge in [-0.2, -0.15) is 4.39 Å². The zero-order valence-corrected chi connectivity index (χ0v) is 8.93. The van der Waals surface area contributed by atoms with Gasteiger partial charge in [-0.15, -0.1) is 0 Å². The highest BCUT2D eigenvalue weighted by Gasteiger charge is 2.17. The number of rotatable bonds is 4. The summed E-state index contributed by atoms with van der Waals surface area (Å²) in [6.45, 7) is 1.84. The second-order valence-electron chi connectivity index (χ2n) is 3.07. The topological polar surface area (TPSA) is 50.7 Å². The van der Waals surface area contributed by atoms with Gasteiger partial charge in [0.25, 0.3) is 0 Å². The van der Waals surface area contributed by atoms with Gasteiger partial charge in [-0.3, -0.25) is 0 Å². The van der Waals surface area contributed by atoms with Gasteiger partial charge >= 0.3 is 0 Å². The number of aryl methyl sites for hydroxylation is 1. The van der Waals surface area contributed by atoms with Crippen LogP contribution >= 0.6 is 0 Å². The summed E-state index contributed by atoms with van der Waals surface area (Å²) in [5.41, 5.74) is 3.15. The van der Waals surface area contributed by atoms with E-state index in [4.69, 9.17) is 14.7 Å². The molecule has 5 heteroatoms. The van der Waals surface area contributed by atoms with Crippen LogP contribution in [0.25, 0.3) is 0 Å². The van der Waals surface area contributed by atoms with Crippen molar-refractivity contribution in [2.24, 2.45) is 0 Å². The van der Waals surface area contributed by atoms with Gasteiger partial charge in [0.1, 0.15) is 0 Å². The van der Waals surface area contributed by atoms with E-state index in [2.05, 4.69) is 0 Å². The molecule has 0 atom stereocenters. The molecule has 0 aliphatic carbocycles. The van der Waals surface area contributed by atoms with Crippen LogP contribution in [0.1, 0.15) is 11.1 Å². The summed E-state index contributed by atoms with van der Waals surface area (Å²) in [6, 6.07) is 1.70. The summed E-state index contributed by atoms with van der Waals surface area (Å²) < 4.78 is 23.6.